The molecule has 1 N–H and O–H groups in total. The lowest BCUT2D eigenvalue weighted by molar-refractivity contribution is -0.130. The van der Waals surface area contributed by atoms with Crippen LogP contribution in [0.1, 0.15) is 23.2 Å². The van der Waals surface area contributed by atoms with E-state index in [9.17, 15) is 14.0 Å². The SMILES string of the molecule is CNCCC(=O)N1CCCN(C(=O)c2ccc(F)cc2)CC1.Cl. The van der Waals surface area contributed by atoms with Gasteiger partial charge in [0.1, 0.15) is 5.82 Å². The Morgan fingerprint density at radius 1 is 1.09 bits per heavy atom. The summed E-state index contributed by atoms with van der Waals surface area (Å²) in [6, 6.07) is 5.58. The fraction of sp³-hybridized carbons (Fsp3) is 0.500. The molecule has 7 heteroatoms. The molecule has 23 heavy (non-hydrogen) atoms. The van der Waals surface area contributed by atoms with Gasteiger partial charge < -0.3 is 15.1 Å². The summed E-state index contributed by atoms with van der Waals surface area (Å²) in [5, 5.41) is 2.96. The van der Waals surface area contributed by atoms with Gasteiger partial charge in [0.05, 0.1) is 0 Å². The number of halogens is 2. The van der Waals surface area contributed by atoms with Crippen LogP contribution in [0.2, 0.25) is 0 Å². The summed E-state index contributed by atoms with van der Waals surface area (Å²) in [5.41, 5.74) is 0.483. The summed E-state index contributed by atoms with van der Waals surface area (Å²) in [6.07, 6.45) is 1.24. The number of nitrogens with zero attached hydrogens (tertiary/aromatic N) is 2. The summed E-state index contributed by atoms with van der Waals surface area (Å²) in [7, 11) is 1.82. The fourth-order valence-electron chi connectivity index (χ4n) is 2.54. The minimum Gasteiger partial charge on any atom is -0.341 e. The average molecular weight is 344 g/mol. The monoisotopic (exact) mass is 343 g/mol. The molecule has 0 aromatic heterocycles. The van der Waals surface area contributed by atoms with Crippen LogP contribution in [0.3, 0.4) is 0 Å². The predicted octanol–water partition coefficient (Wildman–Crippen LogP) is 1.53. The van der Waals surface area contributed by atoms with Crippen LogP contribution in [0, 0.1) is 5.82 Å². The van der Waals surface area contributed by atoms with Crippen LogP contribution in [0.15, 0.2) is 24.3 Å². The van der Waals surface area contributed by atoms with Crippen molar-refractivity contribution in [3.63, 3.8) is 0 Å². The molecule has 0 aliphatic carbocycles. The second-order valence-corrected chi connectivity index (χ2v) is 5.39. The van der Waals surface area contributed by atoms with Gasteiger partial charge in [-0.05, 0) is 37.7 Å². The number of nitrogens with one attached hydrogen (secondary N) is 1. The van der Waals surface area contributed by atoms with Gasteiger partial charge in [-0.3, -0.25) is 9.59 Å². The highest BCUT2D eigenvalue weighted by molar-refractivity contribution is 5.94. The number of rotatable bonds is 4. The molecular weight excluding hydrogens is 321 g/mol. The molecule has 0 spiro atoms. The van der Waals surface area contributed by atoms with E-state index in [2.05, 4.69) is 5.32 Å². The maximum Gasteiger partial charge on any atom is 0.253 e. The van der Waals surface area contributed by atoms with Crippen LogP contribution in [0.25, 0.3) is 0 Å². The van der Waals surface area contributed by atoms with E-state index in [4.69, 9.17) is 0 Å². The molecule has 1 fully saturated rings. The molecule has 0 bridgehead atoms. The normalized spacial score (nSPS) is 14.9. The highest BCUT2D eigenvalue weighted by atomic mass is 35.5. The van der Waals surface area contributed by atoms with Crippen molar-refractivity contribution in [2.75, 3.05) is 39.8 Å². The molecular formula is C16H23ClFN3O2. The second-order valence-electron chi connectivity index (χ2n) is 5.39. The molecule has 0 saturated carbocycles. The predicted molar refractivity (Wildman–Crippen MR) is 89.3 cm³/mol. The van der Waals surface area contributed by atoms with Gasteiger partial charge >= 0.3 is 0 Å². The van der Waals surface area contributed by atoms with Crippen molar-refractivity contribution >= 4 is 24.2 Å². The first kappa shape index (κ1) is 19.4. The molecule has 1 heterocycles. The lowest BCUT2D eigenvalue weighted by Gasteiger charge is -2.22. The molecule has 1 aromatic carbocycles. The Morgan fingerprint density at radius 3 is 2.35 bits per heavy atom. The Bertz CT molecular complexity index is 525. The number of carbonyl (C=O) groups excluding carboxylic acids is 2. The van der Waals surface area contributed by atoms with E-state index in [1.165, 1.54) is 24.3 Å². The number of benzene rings is 1. The zero-order valence-electron chi connectivity index (χ0n) is 13.3. The quantitative estimate of drug-likeness (QED) is 0.902. The fourth-order valence-corrected chi connectivity index (χ4v) is 2.54. The smallest absolute Gasteiger partial charge is 0.253 e. The van der Waals surface area contributed by atoms with Gasteiger partial charge in [-0.15, -0.1) is 12.4 Å². The maximum absolute atomic E-state index is 12.9. The van der Waals surface area contributed by atoms with Gasteiger partial charge in [-0.1, -0.05) is 0 Å². The topological polar surface area (TPSA) is 52.7 Å². The Kier molecular flexibility index (Phi) is 7.98. The highest BCUT2D eigenvalue weighted by Crippen LogP contribution is 2.11. The van der Waals surface area contributed by atoms with E-state index < -0.39 is 0 Å². The van der Waals surface area contributed by atoms with Crippen LogP contribution in [0.5, 0.6) is 0 Å². The van der Waals surface area contributed by atoms with Gasteiger partial charge in [-0.2, -0.15) is 0 Å². The Balaban J connectivity index is 0.00000264. The summed E-state index contributed by atoms with van der Waals surface area (Å²) < 4.78 is 12.9. The third-order valence-corrected chi connectivity index (χ3v) is 3.82. The van der Waals surface area contributed by atoms with E-state index in [-0.39, 0.29) is 30.0 Å². The van der Waals surface area contributed by atoms with Crippen molar-refractivity contribution in [1.29, 1.82) is 0 Å². The first-order chi connectivity index (χ1) is 10.6. The molecule has 1 aromatic rings. The Labute approximate surface area is 142 Å². The van der Waals surface area contributed by atoms with Crippen molar-refractivity contribution in [1.82, 2.24) is 15.1 Å². The maximum atomic E-state index is 12.9. The molecule has 1 aliphatic rings. The van der Waals surface area contributed by atoms with Gasteiger partial charge in [0.15, 0.2) is 0 Å². The summed E-state index contributed by atoms with van der Waals surface area (Å²) in [5.74, 6) is -0.344. The zero-order valence-corrected chi connectivity index (χ0v) is 14.1. The van der Waals surface area contributed by atoms with Crippen LogP contribution in [-0.2, 0) is 4.79 Å². The lowest BCUT2D eigenvalue weighted by atomic mass is 10.2. The summed E-state index contributed by atoms with van der Waals surface area (Å²) in [6.45, 7) is 3.02. The molecule has 1 saturated heterocycles. The minimum absolute atomic E-state index is 0. The first-order valence-corrected chi connectivity index (χ1v) is 7.59. The summed E-state index contributed by atoms with van der Waals surface area (Å²) >= 11 is 0. The van der Waals surface area contributed by atoms with Crippen LogP contribution >= 0.6 is 12.4 Å². The Hall–Kier alpha value is -1.66. The third kappa shape index (κ3) is 5.48. The van der Waals surface area contributed by atoms with Gasteiger partial charge in [-0.25, -0.2) is 4.39 Å². The second kappa shape index (κ2) is 9.47. The minimum atomic E-state index is -0.353. The summed E-state index contributed by atoms with van der Waals surface area (Å²) in [4.78, 5) is 28.0. The standard InChI is InChI=1S/C16H22FN3O2.ClH/c1-18-8-7-15(21)19-9-2-10-20(12-11-19)16(22)13-3-5-14(17)6-4-13;/h3-6,18H,2,7-12H2,1H3;1H. The van der Waals surface area contributed by atoms with Crippen molar-refractivity contribution in [2.45, 2.75) is 12.8 Å². The Morgan fingerprint density at radius 2 is 1.70 bits per heavy atom. The zero-order chi connectivity index (χ0) is 15.9. The third-order valence-electron chi connectivity index (χ3n) is 3.82. The van der Waals surface area contributed by atoms with E-state index >= 15 is 0 Å². The highest BCUT2D eigenvalue weighted by Gasteiger charge is 2.22. The molecule has 128 valence electrons. The van der Waals surface area contributed by atoms with Crippen LogP contribution < -0.4 is 5.32 Å². The van der Waals surface area contributed by atoms with E-state index in [1.807, 2.05) is 11.9 Å². The van der Waals surface area contributed by atoms with E-state index in [0.29, 0.717) is 44.7 Å². The molecule has 5 nitrogen and oxygen atoms in total. The molecule has 0 atom stereocenters. The van der Waals surface area contributed by atoms with Gasteiger partial charge in [0.2, 0.25) is 5.91 Å². The number of carbonyl (C=O) groups is 2. The van der Waals surface area contributed by atoms with Gasteiger partial charge in [0.25, 0.3) is 5.91 Å². The van der Waals surface area contributed by atoms with Crippen LogP contribution in [0.4, 0.5) is 4.39 Å². The van der Waals surface area contributed by atoms with Crippen molar-refractivity contribution in [3.8, 4) is 0 Å². The number of hydrogen-bond acceptors (Lipinski definition) is 3. The molecule has 2 amide bonds. The number of amides is 2. The lowest BCUT2D eigenvalue weighted by Crippen LogP contribution is -2.38. The van der Waals surface area contributed by atoms with E-state index in [1.54, 1.807) is 4.90 Å². The largest absolute Gasteiger partial charge is 0.341 e. The van der Waals surface area contributed by atoms with Crippen molar-refractivity contribution in [3.05, 3.63) is 35.6 Å². The number of hydrogen-bond donors (Lipinski definition) is 1. The molecule has 0 unspecified atom stereocenters. The first-order valence-electron chi connectivity index (χ1n) is 7.59. The van der Waals surface area contributed by atoms with Crippen molar-refractivity contribution in [2.24, 2.45) is 0 Å². The average Bonchev–Trinajstić information content (AvgIpc) is 2.78. The molecule has 0 radical (unpaired) electrons. The molecule has 2 rings (SSSR count). The molecule has 1 aliphatic heterocycles. The van der Waals surface area contributed by atoms with Crippen LogP contribution in [-0.4, -0.2) is 61.4 Å². The van der Waals surface area contributed by atoms with Crippen molar-refractivity contribution < 1.29 is 14.0 Å². The van der Waals surface area contributed by atoms with E-state index in [0.717, 1.165) is 6.42 Å². The van der Waals surface area contributed by atoms with Gasteiger partial charge in [0, 0.05) is 44.7 Å².